The fraction of sp³-hybridized carbons (Fsp3) is 0.278. The second-order valence-electron chi connectivity index (χ2n) is 6.38. The third kappa shape index (κ3) is 3.58. The zero-order chi connectivity index (χ0) is 18.8. The standard InChI is InChI=1S/C18H20FN5O2/c1-9(2)15(24-18(25)23-12-7-21-17(20)22-8-12)16-10(3)13-6-11(19)4-5-14(13)26-16/h4-9,15H,1-3H3,(H2,20,21,22)(H2,23,24,25)/t15-/m1/s1. The highest BCUT2D eigenvalue weighted by Gasteiger charge is 2.25. The number of hydrogen-bond donors (Lipinski definition) is 3. The molecule has 26 heavy (non-hydrogen) atoms. The Morgan fingerprint density at radius 1 is 1.27 bits per heavy atom. The number of furan rings is 1. The van der Waals surface area contributed by atoms with Crippen LogP contribution in [-0.2, 0) is 0 Å². The molecule has 1 atom stereocenters. The summed E-state index contributed by atoms with van der Waals surface area (Å²) < 4.78 is 19.4. The van der Waals surface area contributed by atoms with Crippen molar-refractivity contribution in [3.63, 3.8) is 0 Å². The van der Waals surface area contributed by atoms with E-state index in [-0.39, 0.29) is 23.7 Å². The van der Waals surface area contributed by atoms with Crippen LogP contribution in [0, 0.1) is 18.7 Å². The lowest BCUT2D eigenvalue weighted by molar-refractivity contribution is 0.241. The number of carbonyl (C=O) groups is 1. The number of aromatic nitrogens is 2. The molecule has 1 aromatic carbocycles. The van der Waals surface area contributed by atoms with Crippen molar-refractivity contribution in [2.24, 2.45) is 5.92 Å². The normalized spacial score (nSPS) is 12.3. The number of nitrogens with one attached hydrogen (secondary N) is 2. The molecule has 0 unspecified atom stereocenters. The average molecular weight is 357 g/mol. The monoisotopic (exact) mass is 357 g/mol. The van der Waals surface area contributed by atoms with E-state index >= 15 is 0 Å². The molecule has 0 saturated carbocycles. The van der Waals surface area contributed by atoms with Crippen LogP contribution in [0.25, 0.3) is 11.0 Å². The fourth-order valence-electron chi connectivity index (χ4n) is 2.75. The van der Waals surface area contributed by atoms with Gasteiger partial charge in [0.25, 0.3) is 0 Å². The van der Waals surface area contributed by atoms with Crippen LogP contribution >= 0.6 is 0 Å². The maximum absolute atomic E-state index is 13.5. The summed E-state index contributed by atoms with van der Waals surface area (Å²) in [5, 5.41) is 6.24. The maximum Gasteiger partial charge on any atom is 0.319 e. The van der Waals surface area contributed by atoms with Gasteiger partial charge in [0.05, 0.1) is 24.1 Å². The molecule has 2 heterocycles. The predicted molar refractivity (Wildman–Crippen MR) is 97.1 cm³/mol. The van der Waals surface area contributed by atoms with E-state index in [4.69, 9.17) is 10.2 Å². The molecule has 136 valence electrons. The van der Waals surface area contributed by atoms with Crippen molar-refractivity contribution in [2.75, 3.05) is 11.1 Å². The summed E-state index contributed by atoms with van der Waals surface area (Å²) in [4.78, 5) is 20.0. The molecule has 8 heteroatoms. The molecule has 7 nitrogen and oxygen atoms in total. The number of amides is 2. The summed E-state index contributed by atoms with van der Waals surface area (Å²) in [6.07, 6.45) is 2.84. The van der Waals surface area contributed by atoms with Crippen molar-refractivity contribution in [2.45, 2.75) is 26.8 Å². The molecular formula is C18H20FN5O2. The van der Waals surface area contributed by atoms with Crippen LogP contribution < -0.4 is 16.4 Å². The second-order valence-corrected chi connectivity index (χ2v) is 6.38. The number of nitrogens with two attached hydrogens (primary N) is 1. The number of anilines is 2. The van der Waals surface area contributed by atoms with Crippen LogP contribution in [0.5, 0.6) is 0 Å². The zero-order valence-corrected chi connectivity index (χ0v) is 14.7. The number of fused-ring (bicyclic) bond motifs is 1. The average Bonchev–Trinajstić information content (AvgIpc) is 2.91. The molecule has 0 saturated heterocycles. The van der Waals surface area contributed by atoms with Gasteiger partial charge in [0, 0.05) is 10.9 Å². The van der Waals surface area contributed by atoms with Crippen molar-refractivity contribution >= 4 is 28.6 Å². The van der Waals surface area contributed by atoms with Crippen LogP contribution in [0.15, 0.2) is 35.0 Å². The molecule has 3 aromatic rings. The molecule has 4 N–H and O–H groups in total. The summed E-state index contributed by atoms with van der Waals surface area (Å²) in [5.74, 6) is 0.445. The Labute approximate surface area is 149 Å². The number of hydrogen-bond acceptors (Lipinski definition) is 5. The van der Waals surface area contributed by atoms with Gasteiger partial charge >= 0.3 is 6.03 Å². The van der Waals surface area contributed by atoms with Crippen molar-refractivity contribution in [1.82, 2.24) is 15.3 Å². The van der Waals surface area contributed by atoms with E-state index < -0.39 is 6.03 Å². The van der Waals surface area contributed by atoms with Crippen molar-refractivity contribution in [3.05, 3.63) is 47.7 Å². The zero-order valence-electron chi connectivity index (χ0n) is 14.7. The lowest BCUT2D eigenvalue weighted by Gasteiger charge is -2.21. The van der Waals surface area contributed by atoms with Gasteiger partial charge in [-0.05, 0) is 31.0 Å². The van der Waals surface area contributed by atoms with Crippen molar-refractivity contribution < 1.29 is 13.6 Å². The smallest absolute Gasteiger partial charge is 0.319 e. The fourth-order valence-corrected chi connectivity index (χ4v) is 2.75. The summed E-state index contributed by atoms with van der Waals surface area (Å²) in [5.41, 5.74) is 7.23. The minimum atomic E-state index is -0.428. The minimum Gasteiger partial charge on any atom is -0.459 e. The molecular weight excluding hydrogens is 337 g/mol. The number of carbonyl (C=O) groups excluding carboxylic acids is 1. The van der Waals surface area contributed by atoms with Crippen LogP contribution in [0.1, 0.15) is 31.2 Å². The van der Waals surface area contributed by atoms with E-state index in [9.17, 15) is 9.18 Å². The van der Waals surface area contributed by atoms with Gasteiger partial charge in [-0.3, -0.25) is 0 Å². The molecule has 0 fully saturated rings. The van der Waals surface area contributed by atoms with E-state index in [0.717, 1.165) is 5.56 Å². The van der Waals surface area contributed by atoms with Gasteiger partial charge in [0.1, 0.15) is 17.2 Å². The Morgan fingerprint density at radius 2 is 1.96 bits per heavy atom. The maximum atomic E-state index is 13.5. The van der Waals surface area contributed by atoms with Crippen LogP contribution in [-0.4, -0.2) is 16.0 Å². The predicted octanol–water partition coefficient (Wildman–Crippen LogP) is 3.77. The first-order valence-corrected chi connectivity index (χ1v) is 8.18. The number of aryl methyl sites for hydroxylation is 1. The van der Waals surface area contributed by atoms with Crippen LogP contribution in [0.3, 0.4) is 0 Å². The Kier molecular flexibility index (Phi) is 4.75. The van der Waals surface area contributed by atoms with E-state index in [1.807, 2.05) is 20.8 Å². The summed E-state index contributed by atoms with van der Waals surface area (Å²) in [7, 11) is 0. The van der Waals surface area contributed by atoms with Gasteiger partial charge in [0.15, 0.2) is 0 Å². The van der Waals surface area contributed by atoms with E-state index in [1.54, 1.807) is 6.07 Å². The first-order valence-electron chi connectivity index (χ1n) is 8.18. The number of urea groups is 1. The highest BCUT2D eigenvalue weighted by Crippen LogP contribution is 2.33. The van der Waals surface area contributed by atoms with Crippen LogP contribution in [0.2, 0.25) is 0 Å². The molecule has 0 aliphatic heterocycles. The molecule has 0 radical (unpaired) electrons. The molecule has 2 amide bonds. The molecule has 2 aromatic heterocycles. The molecule has 0 spiro atoms. The highest BCUT2D eigenvalue weighted by molar-refractivity contribution is 5.89. The van der Waals surface area contributed by atoms with Gasteiger partial charge in [-0.1, -0.05) is 13.8 Å². The van der Waals surface area contributed by atoms with Crippen molar-refractivity contribution in [3.8, 4) is 0 Å². The van der Waals surface area contributed by atoms with Crippen LogP contribution in [0.4, 0.5) is 20.8 Å². The second kappa shape index (κ2) is 6.99. The first-order chi connectivity index (χ1) is 12.3. The summed E-state index contributed by atoms with van der Waals surface area (Å²) >= 11 is 0. The lowest BCUT2D eigenvalue weighted by Crippen LogP contribution is -2.35. The third-order valence-electron chi connectivity index (χ3n) is 4.10. The van der Waals surface area contributed by atoms with Gasteiger partial charge in [-0.15, -0.1) is 0 Å². The Balaban J connectivity index is 1.84. The molecule has 0 aliphatic rings. The van der Waals surface area contributed by atoms with Gasteiger partial charge in [-0.2, -0.15) is 0 Å². The van der Waals surface area contributed by atoms with Gasteiger partial charge in [0.2, 0.25) is 5.95 Å². The van der Waals surface area contributed by atoms with E-state index in [0.29, 0.717) is 22.4 Å². The summed E-state index contributed by atoms with van der Waals surface area (Å²) in [6, 6.07) is 3.55. The van der Waals surface area contributed by atoms with E-state index in [1.165, 1.54) is 24.5 Å². The summed E-state index contributed by atoms with van der Waals surface area (Å²) in [6.45, 7) is 5.78. The number of rotatable bonds is 4. The third-order valence-corrected chi connectivity index (χ3v) is 4.10. The number of halogens is 1. The van der Waals surface area contributed by atoms with Gasteiger partial charge < -0.3 is 20.8 Å². The Hall–Kier alpha value is -3.16. The Bertz CT molecular complexity index is 937. The Morgan fingerprint density at radius 3 is 2.62 bits per heavy atom. The molecule has 3 rings (SSSR count). The van der Waals surface area contributed by atoms with E-state index in [2.05, 4.69) is 20.6 Å². The first kappa shape index (κ1) is 17.7. The molecule has 0 bridgehead atoms. The van der Waals surface area contributed by atoms with Crippen molar-refractivity contribution in [1.29, 1.82) is 0 Å². The molecule has 0 aliphatic carbocycles. The number of nitrogens with zero attached hydrogens (tertiary/aromatic N) is 2. The quantitative estimate of drug-likeness (QED) is 0.659. The number of nitrogen functional groups attached to an aromatic ring is 1. The van der Waals surface area contributed by atoms with Gasteiger partial charge in [-0.25, -0.2) is 19.2 Å². The largest absolute Gasteiger partial charge is 0.459 e. The highest BCUT2D eigenvalue weighted by atomic mass is 19.1. The lowest BCUT2D eigenvalue weighted by atomic mass is 9.98. The minimum absolute atomic E-state index is 0.0486. The SMILES string of the molecule is Cc1c([C@H](NC(=O)Nc2cnc(N)nc2)C(C)C)oc2ccc(F)cc12. The topological polar surface area (TPSA) is 106 Å². The number of benzene rings is 1.